The zero-order valence-electron chi connectivity index (χ0n) is 21.5. The molecule has 7 nitrogen and oxygen atoms in total. The summed E-state index contributed by atoms with van der Waals surface area (Å²) in [5.41, 5.74) is 3.03. The third-order valence-electron chi connectivity index (χ3n) is 7.32. The number of hydrogen-bond donors (Lipinski definition) is 1. The second kappa shape index (κ2) is 12.1. The van der Waals surface area contributed by atoms with E-state index in [1.807, 2.05) is 6.92 Å². The highest BCUT2D eigenvalue weighted by atomic mass is 32.2. The minimum Gasteiger partial charge on any atom is -0.496 e. The minimum atomic E-state index is -3.54. The summed E-state index contributed by atoms with van der Waals surface area (Å²) >= 11 is 0. The van der Waals surface area contributed by atoms with E-state index in [-0.39, 0.29) is 23.3 Å². The number of anilines is 1. The zero-order chi connectivity index (χ0) is 25.5. The summed E-state index contributed by atoms with van der Waals surface area (Å²) in [6.07, 6.45) is 7.29. The Kier molecular flexibility index (Phi) is 8.90. The number of rotatable bonds is 9. The Labute approximate surface area is 215 Å². The fraction of sp³-hybridized carbons (Fsp3) is 0.536. The summed E-state index contributed by atoms with van der Waals surface area (Å²) in [5, 5.41) is 3.08. The molecule has 1 atom stereocenters. The molecule has 2 saturated heterocycles. The Morgan fingerprint density at radius 2 is 1.58 bits per heavy atom. The van der Waals surface area contributed by atoms with Crippen LogP contribution >= 0.6 is 0 Å². The maximum Gasteiger partial charge on any atom is 0.243 e. The lowest BCUT2D eigenvalue weighted by Gasteiger charge is -2.29. The topological polar surface area (TPSA) is 79.0 Å². The highest BCUT2D eigenvalue weighted by Crippen LogP contribution is 2.28. The molecule has 4 rings (SSSR count). The second-order valence-corrected chi connectivity index (χ2v) is 11.8. The predicted octanol–water partition coefficient (Wildman–Crippen LogP) is 4.67. The first-order valence-corrected chi connectivity index (χ1v) is 14.6. The molecule has 2 heterocycles. The molecule has 2 aliphatic rings. The van der Waals surface area contributed by atoms with Gasteiger partial charge >= 0.3 is 0 Å². The van der Waals surface area contributed by atoms with E-state index < -0.39 is 10.0 Å². The van der Waals surface area contributed by atoms with Crippen LogP contribution in [0.4, 0.5) is 5.69 Å². The molecule has 0 spiro atoms. The average Bonchev–Trinajstić information content (AvgIpc) is 2.92. The van der Waals surface area contributed by atoms with Crippen molar-refractivity contribution < 1.29 is 17.9 Å². The van der Waals surface area contributed by atoms with Gasteiger partial charge in [0.1, 0.15) is 5.75 Å². The zero-order valence-corrected chi connectivity index (χ0v) is 22.4. The second-order valence-electron chi connectivity index (χ2n) is 9.87. The largest absolute Gasteiger partial charge is 0.496 e. The van der Waals surface area contributed by atoms with Gasteiger partial charge in [-0.1, -0.05) is 18.6 Å². The molecule has 8 heteroatoms. The quantitative estimate of drug-likeness (QED) is 0.527. The summed E-state index contributed by atoms with van der Waals surface area (Å²) in [5.74, 6) is 0.524. The third-order valence-corrected chi connectivity index (χ3v) is 9.21. The monoisotopic (exact) mass is 513 g/mol. The molecule has 0 aliphatic carbocycles. The number of nitrogens with zero attached hydrogens (tertiary/aromatic N) is 2. The molecular weight excluding hydrogens is 474 g/mol. The molecule has 1 amide bonds. The lowest BCUT2D eigenvalue weighted by atomic mass is 10.0. The van der Waals surface area contributed by atoms with Crippen molar-refractivity contribution in [3.63, 3.8) is 0 Å². The first-order chi connectivity index (χ1) is 17.4. The number of ether oxygens (including phenoxy) is 1. The summed E-state index contributed by atoms with van der Waals surface area (Å²) in [7, 11) is -1.98. The number of carbonyl (C=O) groups is 1. The molecule has 2 aromatic carbocycles. The SMILES string of the molecule is COc1ccc(S(=O)(=O)N2CCCCC2)cc1CCC(=O)N[C@@H](C)c1ccc(N2CCCCC2)cc1. The Balaban J connectivity index is 1.36. The van der Waals surface area contributed by atoms with Crippen LogP contribution in [0, 0.1) is 0 Å². The summed E-state index contributed by atoms with van der Waals surface area (Å²) in [6, 6.07) is 13.3. The molecule has 2 aliphatic heterocycles. The number of benzene rings is 2. The minimum absolute atomic E-state index is 0.0750. The highest BCUT2D eigenvalue weighted by molar-refractivity contribution is 7.89. The van der Waals surface area contributed by atoms with Crippen molar-refractivity contribution in [2.24, 2.45) is 0 Å². The normalized spacial score (nSPS) is 18.0. The van der Waals surface area contributed by atoms with Crippen molar-refractivity contribution in [1.29, 1.82) is 0 Å². The lowest BCUT2D eigenvalue weighted by molar-refractivity contribution is -0.121. The smallest absolute Gasteiger partial charge is 0.243 e. The fourth-order valence-electron chi connectivity index (χ4n) is 5.14. The van der Waals surface area contributed by atoms with E-state index in [1.54, 1.807) is 29.6 Å². The number of sulfonamides is 1. The van der Waals surface area contributed by atoms with Crippen LogP contribution in [0.15, 0.2) is 47.4 Å². The number of methoxy groups -OCH3 is 1. The molecule has 1 N–H and O–H groups in total. The van der Waals surface area contributed by atoms with Gasteiger partial charge in [0.2, 0.25) is 15.9 Å². The number of nitrogens with one attached hydrogen (secondary N) is 1. The van der Waals surface area contributed by atoms with Gasteiger partial charge in [0.25, 0.3) is 0 Å². The van der Waals surface area contributed by atoms with Crippen LogP contribution in [0.1, 0.15) is 69.0 Å². The Hall–Kier alpha value is -2.58. The van der Waals surface area contributed by atoms with E-state index in [2.05, 4.69) is 34.5 Å². The highest BCUT2D eigenvalue weighted by Gasteiger charge is 2.26. The van der Waals surface area contributed by atoms with Crippen molar-refractivity contribution >= 4 is 21.6 Å². The molecular formula is C28H39N3O4S. The van der Waals surface area contributed by atoms with Gasteiger partial charge in [-0.25, -0.2) is 8.42 Å². The molecule has 0 radical (unpaired) electrons. The fourth-order valence-corrected chi connectivity index (χ4v) is 6.70. The number of amides is 1. The molecule has 0 saturated carbocycles. The molecule has 36 heavy (non-hydrogen) atoms. The van der Waals surface area contributed by atoms with E-state index >= 15 is 0 Å². The van der Waals surface area contributed by atoms with Crippen LogP contribution in [0.5, 0.6) is 5.75 Å². The van der Waals surface area contributed by atoms with Crippen LogP contribution in [0.25, 0.3) is 0 Å². The summed E-state index contributed by atoms with van der Waals surface area (Å²) in [4.78, 5) is 15.4. The van der Waals surface area contributed by atoms with Gasteiger partial charge in [-0.05, 0) is 86.9 Å². The molecule has 2 fully saturated rings. The van der Waals surface area contributed by atoms with Gasteiger partial charge in [0.15, 0.2) is 0 Å². The Morgan fingerprint density at radius 3 is 2.22 bits per heavy atom. The van der Waals surface area contributed by atoms with Crippen LogP contribution in [-0.2, 0) is 21.2 Å². The number of aryl methyl sites for hydroxylation is 1. The molecule has 0 unspecified atom stereocenters. The van der Waals surface area contributed by atoms with Gasteiger partial charge in [-0.3, -0.25) is 4.79 Å². The number of piperidine rings is 2. The van der Waals surface area contributed by atoms with E-state index in [9.17, 15) is 13.2 Å². The summed E-state index contributed by atoms with van der Waals surface area (Å²) in [6.45, 7) is 5.32. The standard InChI is InChI=1S/C28H39N3O4S/c1-22(23-9-12-25(13-10-23)30-17-5-3-6-18-30)29-28(32)16-11-24-21-26(14-15-27(24)35-2)36(33,34)31-19-7-4-8-20-31/h9-10,12-15,21-22H,3-8,11,16-20H2,1-2H3,(H,29,32)/t22-/m0/s1. The van der Waals surface area contributed by atoms with Gasteiger partial charge in [0, 0.05) is 38.3 Å². The van der Waals surface area contributed by atoms with E-state index in [0.29, 0.717) is 25.3 Å². The van der Waals surface area contributed by atoms with Crippen molar-refractivity contribution in [3.05, 3.63) is 53.6 Å². The van der Waals surface area contributed by atoms with Crippen LogP contribution in [0.3, 0.4) is 0 Å². The molecule has 196 valence electrons. The van der Waals surface area contributed by atoms with Crippen LogP contribution < -0.4 is 15.0 Å². The molecule has 0 bridgehead atoms. The maximum atomic E-state index is 13.1. The van der Waals surface area contributed by atoms with Crippen molar-refractivity contribution in [2.75, 3.05) is 38.2 Å². The number of carbonyl (C=O) groups excluding carboxylic acids is 1. The maximum absolute atomic E-state index is 13.1. The van der Waals surface area contributed by atoms with Crippen LogP contribution in [0.2, 0.25) is 0 Å². The molecule has 2 aromatic rings. The molecule has 0 aromatic heterocycles. The Morgan fingerprint density at radius 1 is 0.944 bits per heavy atom. The Bertz CT molecular complexity index is 1120. The first-order valence-electron chi connectivity index (χ1n) is 13.2. The number of hydrogen-bond acceptors (Lipinski definition) is 5. The third kappa shape index (κ3) is 6.40. The average molecular weight is 514 g/mol. The lowest BCUT2D eigenvalue weighted by Crippen LogP contribution is -2.35. The van der Waals surface area contributed by atoms with E-state index in [4.69, 9.17) is 4.74 Å². The van der Waals surface area contributed by atoms with Gasteiger partial charge in [-0.15, -0.1) is 0 Å². The van der Waals surface area contributed by atoms with Gasteiger partial charge < -0.3 is 15.0 Å². The first kappa shape index (κ1) is 26.5. The predicted molar refractivity (Wildman–Crippen MR) is 143 cm³/mol. The van der Waals surface area contributed by atoms with E-state index in [0.717, 1.165) is 43.5 Å². The van der Waals surface area contributed by atoms with E-state index in [1.165, 1.54) is 24.9 Å². The van der Waals surface area contributed by atoms with Crippen molar-refractivity contribution in [3.8, 4) is 5.75 Å². The van der Waals surface area contributed by atoms with Gasteiger partial charge in [0.05, 0.1) is 18.0 Å². The van der Waals surface area contributed by atoms with Crippen molar-refractivity contribution in [2.45, 2.75) is 69.2 Å². The van der Waals surface area contributed by atoms with Crippen molar-refractivity contribution in [1.82, 2.24) is 9.62 Å². The van der Waals surface area contributed by atoms with Crippen LogP contribution in [-0.4, -0.2) is 51.9 Å². The van der Waals surface area contributed by atoms with Gasteiger partial charge in [-0.2, -0.15) is 4.31 Å². The summed E-state index contributed by atoms with van der Waals surface area (Å²) < 4.78 is 33.2.